The lowest BCUT2D eigenvalue weighted by molar-refractivity contribution is -0.142. The van der Waals surface area contributed by atoms with Gasteiger partial charge in [0.25, 0.3) is 0 Å². The van der Waals surface area contributed by atoms with Gasteiger partial charge in [0.1, 0.15) is 0 Å². The summed E-state index contributed by atoms with van der Waals surface area (Å²) >= 11 is 0. The van der Waals surface area contributed by atoms with E-state index in [1.165, 1.54) is 0 Å². The highest BCUT2D eigenvalue weighted by Gasteiger charge is 2.50. The molecule has 3 heterocycles. The smallest absolute Gasteiger partial charge is 0.237 e. The van der Waals surface area contributed by atoms with Crippen LogP contribution >= 0.6 is 0 Å². The molecular formula is C21H29N3O3. The third-order valence-corrected chi connectivity index (χ3v) is 6.22. The van der Waals surface area contributed by atoms with E-state index in [-0.39, 0.29) is 36.4 Å². The number of likely N-dealkylation sites (tertiary alicyclic amines) is 1. The summed E-state index contributed by atoms with van der Waals surface area (Å²) in [6.45, 7) is 3.73. The lowest BCUT2D eigenvalue weighted by Gasteiger charge is -2.40. The van der Waals surface area contributed by atoms with Gasteiger partial charge >= 0.3 is 0 Å². The van der Waals surface area contributed by atoms with Crippen molar-refractivity contribution in [2.24, 2.45) is 5.92 Å². The highest BCUT2D eigenvalue weighted by atomic mass is 16.3. The number of hydrogen-bond donors (Lipinski definition) is 1. The van der Waals surface area contributed by atoms with Gasteiger partial charge in [0, 0.05) is 38.8 Å². The standard InChI is InChI=1S/C21H29N3O3/c25-12-6-9-22-14-17-13-18(21(27)23-10-4-5-11-23)20(24(17)19(26)15-22)16-7-2-1-3-8-16/h1-3,7-8,17-18,20,25H,4-6,9-15H2/t17-,18-,20-/m1/s1. The Labute approximate surface area is 160 Å². The van der Waals surface area contributed by atoms with Gasteiger partial charge in [-0.15, -0.1) is 0 Å². The summed E-state index contributed by atoms with van der Waals surface area (Å²) in [5, 5.41) is 9.10. The van der Waals surface area contributed by atoms with Crippen molar-refractivity contribution in [1.82, 2.24) is 14.7 Å². The van der Waals surface area contributed by atoms with Crippen molar-refractivity contribution in [3.8, 4) is 0 Å². The minimum atomic E-state index is -0.156. The minimum absolute atomic E-state index is 0.0757. The number of rotatable bonds is 5. The molecule has 0 aliphatic carbocycles. The molecule has 3 saturated heterocycles. The zero-order valence-electron chi connectivity index (χ0n) is 15.8. The molecule has 4 rings (SSSR count). The summed E-state index contributed by atoms with van der Waals surface area (Å²) in [7, 11) is 0. The molecule has 6 nitrogen and oxygen atoms in total. The Balaban J connectivity index is 1.61. The zero-order valence-corrected chi connectivity index (χ0v) is 15.8. The van der Waals surface area contributed by atoms with Crippen LogP contribution < -0.4 is 0 Å². The molecule has 0 spiro atoms. The monoisotopic (exact) mass is 371 g/mol. The number of carbonyl (C=O) groups excluding carboxylic acids is 2. The van der Waals surface area contributed by atoms with E-state index in [4.69, 9.17) is 5.11 Å². The highest BCUT2D eigenvalue weighted by molar-refractivity contribution is 5.85. The van der Waals surface area contributed by atoms with Gasteiger partial charge in [0.2, 0.25) is 11.8 Å². The van der Waals surface area contributed by atoms with Crippen LogP contribution in [0.25, 0.3) is 0 Å². The van der Waals surface area contributed by atoms with E-state index in [1.807, 2.05) is 40.1 Å². The predicted octanol–water partition coefficient (Wildman–Crippen LogP) is 1.27. The maximum atomic E-state index is 13.3. The van der Waals surface area contributed by atoms with Crippen molar-refractivity contribution in [3.63, 3.8) is 0 Å². The summed E-state index contributed by atoms with van der Waals surface area (Å²) in [4.78, 5) is 32.4. The van der Waals surface area contributed by atoms with Gasteiger partial charge in [-0.2, -0.15) is 0 Å². The van der Waals surface area contributed by atoms with Crippen LogP contribution in [0.1, 0.15) is 37.3 Å². The fraction of sp³-hybridized carbons (Fsp3) is 0.619. The van der Waals surface area contributed by atoms with Crippen LogP contribution in [0.15, 0.2) is 30.3 Å². The molecule has 6 heteroatoms. The van der Waals surface area contributed by atoms with Crippen molar-refractivity contribution in [2.75, 3.05) is 39.3 Å². The molecule has 146 valence electrons. The number of hydrogen-bond acceptors (Lipinski definition) is 4. The van der Waals surface area contributed by atoms with Crippen molar-refractivity contribution in [3.05, 3.63) is 35.9 Å². The quantitative estimate of drug-likeness (QED) is 0.847. The molecule has 0 bridgehead atoms. The Morgan fingerprint density at radius 3 is 2.59 bits per heavy atom. The summed E-state index contributed by atoms with van der Waals surface area (Å²) in [5.41, 5.74) is 1.06. The van der Waals surface area contributed by atoms with Crippen molar-refractivity contribution in [1.29, 1.82) is 0 Å². The molecule has 3 aliphatic heterocycles. The second-order valence-electron chi connectivity index (χ2n) is 8.00. The molecule has 2 amide bonds. The van der Waals surface area contributed by atoms with Crippen molar-refractivity contribution < 1.29 is 14.7 Å². The van der Waals surface area contributed by atoms with Crippen LogP contribution in [0.3, 0.4) is 0 Å². The topological polar surface area (TPSA) is 64.1 Å². The van der Waals surface area contributed by atoms with E-state index >= 15 is 0 Å². The summed E-state index contributed by atoms with van der Waals surface area (Å²) in [6, 6.07) is 9.96. The predicted molar refractivity (Wildman–Crippen MR) is 102 cm³/mol. The van der Waals surface area contributed by atoms with Gasteiger partial charge in [-0.1, -0.05) is 30.3 Å². The fourth-order valence-corrected chi connectivity index (χ4v) is 5.03. The number of benzene rings is 1. The SMILES string of the molecule is O=C([C@@H]1C[C@@H]2CN(CCCO)CC(=O)N2[C@@H]1c1ccccc1)N1CCCC1. The molecule has 27 heavy (non-hydrogen) atoms. The molecule has 0 saturated carbocycles. The molecule has 1 aromatic carbocycles. The summed E-state index contributed by atoms with van der Waals surface area (Å²) < 4.78 is 0. The van der Waals surface area contributed by atoms with E-state index in [0.717, 1.165) is 51.0 Å². The number of aliphatic hydroxyl groups excluding tert-OH is 1. The van der Waals surface area contributed by atoms with Crippen LogP contribution in [0.2, 0.25) is 0 Å². The largest absolute Gasteiger partial charge is 0.396 e. The highest BCUT2D eigenvalue weighted by Crippen LogP contribution is 2.44. The normalized spacial score (nSPS) is 28.6. The average molecular weight is 371 g/mol. The fourth-order valence-electron chi connectivity index (χ4n) is 5.03. The van der Waals surface area contributed by atoms with Crippen molar-refractivity contribution in [2.45, 2.75) is 37.8 Å². The third kappa shape index (κ3) is 3.60. The van der Waals surface area contributed by atoms with Crippen LogP contribution in [-0.2, 0) is 9.59 Å². The summed E-state index contributed by atoms with van der Waals surface area (Å²) in [5.74, 6) is 0.164. The van der Waals surface area contributed by atoms with E-state index in [9.17, 15) is 9.59 Å². The first-order chi connectivity index (χ1) is 13.2. The van der Waals surface area contributed by atoms with Gasteiger partial charge < -0.3 is 14.9 Å². The lowest BCUT2D eigenvalue weighted by atomic mass is 9.92. The molecule has 1 aromatic rings. The number of piperazine rings is 1. The average Bonchev–Trinajstić information content (AvgIpc) is 3.34. The molecular weight excluding hydrogens is 342 g/mol. The number of carbonyl (C=O) groups is 2. The molecule has 3 aliphatic rings. The van der Waals surface area contributed by atoms with Crippen LogP contribution in [0, 0.1) is 5.92 Å². The Hall–Kier alpha value is -1.92. The maximum Gasteiger partial charge on any atom is 0.237 e. The Morgan fingerprint density at radius 1 is 1.15 bits per heavy atom. The molecule has 0 aromatic heterocycles. The number of nitrogens with zero attached hydrogens (tertiary/aromatic N) is 3. The Morgan fingerprint density at radius 2 is 1.89 bits per heavy atom. The Kier molecular flexibility index (Phi) is 5.45. The van der Waals surface area contributed by atoms with Gasteiger partial charge in [0.15, 0.2) is 0 Å². The zero-order chi connectivity index (χ0) is 18.8. The van der Waals surface area contributed by atoms with E-state index in [0.29, 0.717) is 13.0 Å². The first-order valence-corrected chi connectivity index (χ1v) is 10.2. The van der Waals surface area contributed by atoms with Gasteiger partial charge in [0.05, 0.1) is 18.5 Å². The molecule has 3 atom stereocenters. The molecule has 0 radical (unpaired) electrons. The van der Waals surface area contributed by atoms with Gasteiger partial charge in [-0.25, -0.2) is 0 Å². The summed E-state index contributed by atoms with van der Waals surface area (Å²) in [6.07, 6.45) is 3.57. The number of fused-ring (bicyclic) bond motifs is 1. The van der Waals surface area contributed by atoms with E-state index < -0.39 is 0 Å². The van der Waals surface area contributed by atoms with Gasteiger partial charge in [-0.05, 0) is 31.2 Å². The molecule has 0 unspecified atom stereocenters. The lowest BCUT2D eigenvalue weighted by Crippen LogP contribution is -2.54. The molecule has 3 fully saturated rings. The van der Waals surface area contributed by atoms with E-state index in [1.54, 1.807) is 0 Å². The van der Waals surface area contributed by atoms with Crippen LogP contribution in [0.5, 0.6) is 0 Å². The second kappa shape index (κ2) is 7.98. The maximum absolute atomic E-state index is 13.3. The third-order valence-electron chi connectivity index (χ3n) is 6.22. The first kappa shape index (κ1) is 18.4. The van der Waals surface area contributed by atoms with E-state index in [2.05, 4.69) is 4.90 Å². The van der Waals surface area contributed by atoms with Crippen LogP contribution in [0.4, 0.5) is 0 Å². The van der Waals surface area contributed by atoms with Gasteiger partial charge in [-0.3, -0.25) is 14.5 Å². The number of amides is 2. The Bertz CT molecular complexity index is 675. The first-order valence-electron chi connectivity index (χ1n) is 10.2. The van der Waals surface area contributed by atoms with Crippen molar-refractivity contribution >= 4 is 11.8 Å². The minimum Gasteiger partial charge on any atom is -0.396 e. The number of aliphatic hydroxyl groups is 1. The van der Waals surface area contributed by atoms with Crippen LogP contribution in [-0.4, -0.2) is 77.0 Å². The second-order valence-corrected chi connectivity index (χ2v) is 8.00. The molecule has 1 N–H and O–H groups in total.